The maximum absolute atomic E-state index is 11.9. The van der Waals surface area contributed by atoms with Gasteiger partial charge in [0.2, 0.25) is 5.89 Å². The number of nitrogens with zero attached hydrogens (tertiary/aromatic N) is 1. The van der Waals surface area contributed by atoms with Gasteiger partial charge < -0.3 is 9.73 Å². The molecule has 1 unspecified atom stereocenters. The molecule has 1 heterocycles. The third-order valence-corrected chi connectivity index (χ3v) is 2.03. The molecule has 0 aliphatic heterocycles. The van der Waals surface area contributed by atoms with Gasteiger partial charge in [-0.15, -0.1) is 0 Å². The summed E-state index contributed by atoms with van der Waals surface area (Å²) in [6.07, 6.45) is -3.85. The lowest BCUT2D eigenvalue weighted by Crippen LogP contribution is -2.12. The Bertz CT molecular complexity index is 309. The Labute approximate surface area is 85.7 Å². The van der Waals surface area contributed by atoms with Gasteiger partial charge in [0.05, 0.1) is 18.7 Å². The van der Waals surface area contributed by atoms with Crippen LogP contribution in [0.4, 0.5) is 13.2 Å². The van der Waals surface area contributed by atoms with E-state index in [1.165, 1.54) is 6.20 Å². The minimum atomic E-state index is -4.15. The van der Waals surface area contributed by atoms with E-state index in [0.29, 0.717) is 5.89 Å². The van der Waals surface area contributed by atoms with E-state index in [4.69, 9.17) is 4.42 Å². The Morgan fingerprint density at radius 3 is 2.73 bits per heavy atom. The molecule has 1 aromatic rings. The van der Waals surface area contributed by atoms with Gasteiger partial charge in [-0.2, -0.15) is 13.2 Å². The molecule has 1 atom stereocenters. The normalized spacial score (nSPS) is 14.2. The predicted molar refractivity (Wildman–Crippen MR) is 48.4 cm³/mol. The Balaban J connectivity index is 2.53. The summed E-state index contributed by atoms with van der Waals surface area (Å²) in [4.78, 5) is 3.89. The van der Waals surface area contributed by atoms with Crippen LogP contribution in [0.2, 0.25) is 0 Å². The average molecular weight is 222 g/mol. The van der Waals surface area contributed by atoms with E-state index in [1.54, 1.807) is 7.05 Å². The van der Waals surface area contributed by atoms with Gasteiger partial charge in [0, 0.05) is 6.42 Å². The minimum Gasteiger partial charge on any atom is -0.444 e. The lowest BCUT2D eigenvalue weighted by molar-refractivity contribution is -0.134. The van der Waals surface area contributed by atoms with Crippen LogP contribution in [0.3, 0.4) is 0 Å². The summed E-state index contributed by atoms with van der Waals surface area (Å²) in [6, 6.07) is -0.0929. The van der Waals surface area contributed by atoms with Crippen LogP contribution in [0.25, 0.3) is 0 Å². The van der Waals surface area contributed by atoms with Gasteiger partial charge >= 0.3 is 6.18 Å². The maximum atomic E-state index is 11.9. The molecule has 0 saturated heterocycles. The number of hydrogen-bond acceptors (Lipinski definition) is 3. The predicted octanol–water partition coefficient (Wildman–Crippen LogP) is 2.45. The summed E-state index contributed by atoms with van der Waals surface area (Å²) in [6.45, 7) is 1.82. The van der Waals surface area contributed by atoms with Crippen LogP contribution in [0.15, 0.2) is 10.6 Å². The molecule has 0 fully saturated rings. The van der Waals surface area contributed by atoms with Crippen LogP contribution in [-0.4, -0.2) is 18.2 Å². The molecule has 15 heavy (non-hydrogen) atoms. The quantitative estimate of drug-likeness (QED) is 0.850. The van der Waals surface area contributed by atoms with Gasteiger partial charge in [0.15, 0.2) is 0 Å². The largest absolute Gasteiger partial charge is 0.444 e. The summed E-state index contributed by atoms with van der Waals surface area (Å²) in [5, 5.41) is 2.89. The highest BCUT2D eigenvalue weighted by Crippen LogP contribution is 2.23. The molecule has 0 aliphatic carbocycles. The highest BCUT2D eigenvalue weighted by atomic mass is 19.4. The minimum absolute atomic E-state index is 0.0929. The number of nitrogens with one attached hydrogen (secondary N) is 1. The summed E-state index contributed by atoms with van der Waals surface area (Å²) in [7, 11) is 1.73. The monoisotopic (exact) mass is 222 g/mol. The van der Waals surface area contributed by atoms with Gasteiger partial charge in [0.1, 0.15) is 5.76 Å². The van der Waals surface area contributed by atoms with Crippen LogP contribution in [0, 0.1) is 0 Å². The van der Waals surface area contributed by atoms with Crippen molar-refractivity contribution >= 4 is 0 Å². The van der Waals surface area contributed by atoms with Crippen LogP contribution in [-0.2, 0) is 6.42 Å². The molecule has 0 amide bonds. The van der Waals surface area contributed by atoms with Crippen molar-refractivity contribution in [3.63, 3.8) is 0 Å². The first-order valence-electron chi connectivity index (χ1n) is 4.61. The van der Waals surface area contributed by atoms with E-state index < -0.39 is 12.6 Å². The summed E-state index contributed by atoms with van der Waals surface area (Å²) >= 11 is 0. The summed E-state index contributed by atoms with van der Waals surface area (Å²) in [5.41, 5.74) is 0. The highest BCUT2D eigenvalue weighted by molar-refractivity contribution is 4.97. The standard InChI is InChI=1S/C9H13F3N2O/c1-6(13-2)8-14-5-7(15-8)3-4-9(10,11)12/h5-6,13H,3-4H2,1-2H3. The highest BCUT2D eigenvalue weighted by Gasteiger charge is 2.27. The first kappa shape index (κ1) is 12.0. The third kappa shape index (κ3) is 3.91. The second-order valence-corrected chi connectivity index (χ2v) is 3.29. The van der Waals surface area contributed by atoms with Crippen LogP contribution in [0.5, 0.6) is 0 Å². The number of hydrogen-bond donors (Lipinski definition) is 1. The zero-order valence-corrected chi connectivity index (χ0v) is 8.56. The van der Waals surface area contributed by atoms with Gasteiger partial charge in [0.25, 0.3) is 0 Å². The fourth-order valence-corrected chi connectivity index (χ4v) is 1.03. The van der Waals surface area contributed by atoms with Gasteiger partial charge in [-0.05, 0) is 14.0 Å². The molecule has 1 aromatic heterocycles. The molecule has 0 bridgehead atoms. The molecular weight excluding hydrogens is 209 g/mol. The van der Waals surface area contributed by atoms with E-state index in [9.17, 15) is 13.2 Å². The van der Waals surface area contributed by atoms with E-state index in [1.807, 2.05) is 6.92 Å². The molecule has 0 aromatic carbocycles. The molecule has 0 aliphatic rings. The molecule has 1 N–H and O–H groups in total. The van der Waals surface area contributed by atoms with Gasteiger partial charge in [-0.3, -0.25) is 0 Å². The van der Waals surface area contributed by atoms with Crippen LogP contribution in [0.1, 0.15) is 31.0 Å². The number of halogens is 3. The lowest BCUT2D eigenvalue weighted by atomic mass is 10.2. The van der Waals surface area contributed by atoms with E-state index in [0.717, 1.165) is 0 Å². The zero-order chi connectivity index (χ0) is 11.5. The number of aryl methyl sites for hydroxylation is 1. The average Bonchev–Trinajstić information content (AvgIpc) is 2.61. The number of alkyl halides is 3. The van der Waals surface area contributed by atoms with Crippen molar-refractivity contribution < 1.29 is 17.6 Å². The molecule has 3 nitrogen and oxygen atoms in total. The van der Waals surface area contributed by atoms with E-state index in [2.05, 4.69) is 10.3 Å². The van der Waals surface area contributed by atoms with Crippen molar-refractivity contribution in [2.45, 2.75) is 32.0 Å². The smallest absolute Gasteiger partial charge is 0.389 e. The maximum Gasteiger partial charge on any atom is 0.389 e. The van der Waals surface area contributed by atoms with Crippen LogP contribution >= 0.6 is 0 Å². The molecule has 0 saturated carbocycles. The van der Waals surface area contributed by atoms with E-state index >= 15 is 0 Å². The summed E-state index contributed by atoms with van der Waals surface area (Å²) < 4.78 is 40.9. The topological polar surface area (TPSA) is 38.1 Å². The molecule has 0 radical (unpaired) electrons. The Kier molecular flexibility index (Phi) is 3.73. The van der Waals surface area contributed by atoms with Crippen molar-refractivity contribution in [2.24, 2.45) is 0 Å². The second kappa shape index (κ2) is 4.65. The fourth-order valence-electron chi connectivity index (χ4n) is 1.03. The molecule has 0 spiro atoms. The van der Waals surface area contributed by atoms with Crippen molar-refractivity contribution in [1.82, 2.24) is 10.3 Å². The Morgan fingerprint density at radius 2 is 2.20 bits per heavy atom. The molecule has 86 valence electrons. The first-order chi connectivity index (χ1) is 6.92. The number of oxazole rings is 1. The Hall–Kier alpha value is -1.04. The second-order valence-electron chi connectivity index (χ2n) is 3.29. The lowest BCUT2D eigenvalue weighted by Gasteiger charge is -2.04. The molecular formula is C9H13F3N2O. The van der Waals surface area contributed by atoms with Gasteiger partial charge in [-0.25, -0.2) is 4.98 Å². The van der Waals surface area contributed by atoms with Crippen molar-refractivity contribution in [2.75, 3.05) is 7.05 Å². The first-order valence-corrected chi connectivity index (χ1v) is 4.61. The SMILES string of the molecule is CNC(C)c1ncc(CCC(F)(F)F)o1. The third-order valence-electron chi connectivity index (χ3n) is 2.03. The number of rotatable bonds is 4. The van der Waals surface area contributed by atoms with Gasteiger partial charge in [-0.1, -0.05) is 0 Å². The van der Waals surface area contributed by atoms with Crippen molar-refractivity contribution in [1.29, 1.82) is 0 Å². The Morgan fingerprint density at radius 1 is 1.53 bits per heavy atom. The van der Waals surface area contributed by atoms with Crippen LogP contribution < -0.4 is 5.32 Å². The number of aromatic nitrogens is 1. The summed E-state index contributed by atoms with van der Waals surface area (Å²) in [5.74, 6) is 0.680. The van der Waals surface area contributed by atoms with E-state index in [-0.39, 0.29) is 18.2 Å². The zero-order valence-electron chi connectivity index (χ0n) is 8.56. The molecule has 1 rings (SSSR count). The molecule has 6 heteroatoms. The fraction of sp³-hybridized carbons (Fsp3) is 0.667. The van der Waals surface area contributed by atoms with Crippen molar-refractivity contribution in [3.8, 4) is 0 Å². The van der Waals surface area contributed by atoms with Crippen molar-refractivity contribution in [3.05, 3.63) is 17.8 Å².